The van der Waals surface area contributed by atoms with E-state index in [1.165, 1.54) is 17.4 Å². The molecule has 2 aromatic carbocycles. The van der Waals surface area contributed by atoms with Gasteiger partial charge in [-0.25, -0.2) is 13.6 Å². The van der Waals surface area contributed by atoms with Crippen LogP contribution in [0.2, 0.25) is 0 Å². The number of esters is 1. The number of imide groups is 1. The fourth-order valence-corrected chi connectivity index (χ4v) is 5.45. The summed E-state index contributed by atoms with van der Waals surface area (Å²) in [6.07, 6.45) is 1.50. The van der Waals surface area contributed by atoms with Gasteiger partial charge in [0.2, 0.25) is 5.91 Å². The Hall–Kier alpha value is -3.83. The smallest absolute Gasteiger partial charge is 0.338 e. The van der Waals surface area contributed by atoms with E-state index in [2.05, 4.69) is 5.32 Å². The van der Waals surface area contributed by atoms with Crippen LogP contribution in [0.4, 0.5) is 13.6 Å². The van der Waals surface area contributed by atoms with Crippen LogP contribution in [0.1, 0.15) is 48.0 Å². The molecule has 0 radical (unpaired) electrons. The van der Waals surface area contributed by atoms with Crippen LogP contribution in [0.3, 0.4) is 0 Å². The van der Waals surface area contributed by atoms with Gasteiger partial charge in [-0.15, -0.1) is 11.3 Å². The zero-order chi connectivity index (χ0) is 29.0. The Morgan fingerprint density at radius 1 is 1.00 bits per heavy atom. The minimum Gasteiger partial charge on any atom is -0.456 e. The number of halogens is 2. The first kappa shape index (κ1) is 29.2. The number of thiophene rings is 1. The molecule has 0 unspecified atom stereocenters. The van der Waals surface area contributed by atoms with Crippen molar-refractivity contribution in [1.29, 1.82) is 0 Å². The standard InChI is InChI=1S/C29H26F2N2O5S2/c1-29(2,3)38-27(36)18-6-4-17(5-7-18)15-32-25(34)10-11-33-26(35)24(40-28(33)37)14-21-12-20(16-39-21)19-8-9-22(30)23(31)13-19/h4-9,12-14,16H,10-11,15H2,1-3H3,(H,32,34)/b24-14-. The van der Waals surface area contributed by atoms with E-state index < -0.39 is 34.4 Å². The summed E-state index contributed by atoms with van der Waals surface area (Å²) < 4.78 is 32.1. The summed E-state index contributed by atoms with van der Waals surface area (Å²) in [6, 6.07) is 12.0. The molecule has 0 aliphatic carbocycles. The molecule has 3 aromatic rings. The number of hydrogen-bond acceptors (Lipinski definition) is 7. The van der Waals surface area contributed by atoms with Crippen molar-refractivity contribution in [2.24, 2.45) is 0 Å². The van der Waals surface area contributed by atoms with Crippen molar-refractivity contribution in [3.8, 4) is 11.1 Å². The Kier molecular flexibility index (Phi) is 8.85. The highest BCUT2D eigenvalue weighted by atomic mass is 32.2. The largest absolute Gasteiger partial charge is 0.456 e. The predicted octanol–water partition coefficient (Wildman–Crippen LogP) is 6.39. The van der Waals surface area contributed by atoms with Crippen molar-refractivity contribution in [1.82, 2.24) is 10.2 Å². The maximum atomic E-state index is 13.6. The first-order valence-electron chi connectivity index (χ1n) is 12.3. The monoisotopic (exact) mass is 584 g/mol. The highest BCUT2D eigenvalue weighted by Crippen LogP contribution is 2.35. The molecule has 1 saturated heterocycles. The van der Waals surface area contributed by atoms with Crippen molar-refractivity contribution in [2.45, 2.75) is 39.3 Å². The van der Waals surface area contributed by atoms with Gasteiger partial charge in [0.05, 0.1) is 10.5 Å². The Balaban J connectivity index is 1.28. The summed E-state index contributed by atoms with van der Waals surface area (Å²) in [5, 5.41) is 4.02. The normalized spacial score (nSPS) is 14.6. The maximum Gasteiger partial charge on any atom is 0.338 e. The van der Waals surface area contributed by atoms with E-state index in [9.17, 15) is 28.0 Å². The second kappa shape index (κ2) is 12.1. The molecule has 208 valence electrons. The minimum absolute atomic E-state index is 0.0689. The zero-order valence-corrected chi connectivity index (χ0v) is 23.6. The van der Waals surface area contributed by atoms with Crippen molar-refractivity contribution in [3.05, 3.63) is 86.5 Å². The van der Waals surface area contributed by atoms with Gasteiger partial charge in [-0.3, -0.25) is 19.3 Å². The number of rotatable bonds is 8. The number of carbonyl (C=O) groups is 4. The number of carbonyl (C=O) groups excluding carboxylic acids is 4. The fourth-order valence-electron chi connectivity index (χ4n) is 3.68. The average Bonchev–Trinajstić information content (AvgIpc) is 3.46. The third-order valence-corrected chi connectivity index (χ3v) is 7.45. The summed E-state index contributed by atoms with van der Waals surface area (Å²) in [5.41, 5.74) is 1.73. The van der Waals surface area contributed by atoms with Gasteiger partial charge in [-0.05, 0) is 91.0 Å². The summed E-state index contributed by atoms with van der Waals surface area (Å²) in [4.78, 5) is 51.6. The van der Waals surface area contributed by atoms with Gasteiger partial charge < -0.3 is 10.1 Å². The van der Waals surface area contributed by atoms with Crippen LogP contribution < -0.4 is 5.32 Å². The second-order valence-corrected chi connectivity index (χ2v) is 11.9. The Morgan fingerprint density at radius 2 is 1.73 bits per heavy atom. The lowest BCUT2D eigenvalue weighted by Crippen LogP contribution is -2.33. The number of thioether (sulfide) groups is 1. The van der Waals surface area contributed by atoms with Gasteiger partial charge in [0, 0.05) is 24.4 Å². The number of nitrogens with zero attached hydrogens (tertiary/aromatic N) is 1. The molecule has 40 heavy (non-hydrogen) atoms. The molecule has 2 heterocycles. The van der Waals surface area contributed by atoms with Gasteiger partial charge >= 0.3 is 5.97 Å². The molecule has 0 spiro atoms. The van der Waals surface area contributed by atoms with Gasteiger partial charge in [-0.1, -0.05) is 18.2 Å². The second-order valence-electron chi connectivity index (χ2n) is 9.93. The number of amides is 3. The lowest BCUT2D eigenvalue weighted by molar-refractivity contribution is -0.124. The topological polar surface area (TPSA) is 92.8 Å². The van der Waals surface area contributed by atoms with Gasteiger partial charge in [0.25, 0.3) is 11.1 Å². The molecular formula is C29H26F2N2O5S2. The van der Waals surface area contributed by atoms with Crippen LogP contribution >= 0.6 is 23.1 Å². The van der Waals surface area contributed by atoms with Gasteiger partial charge in [-0.2, -0.15) is 0 Å². The summed E-state index contributed by atoms with van der Waals surface area (Å²) in [7, 11) is 0. The Labute approximate surface area is 238 Å². The van der Waals surface area contributed by atoms with Crippen molar-refractivity contribution in [3.63, 3.8) is 0 Å². The quantitative estimate of drug-likeness (QED) is 0.244. The third-order valence-electron chi connectivity index (χ3n) is 5.66. The average molecular weight is 585 g/mol. The van der Waals surface area contributed by atoms with Crippen LogP contribution in [-0.2, 0) is 20.9 Å². The molecule has 3 amide bonds. The van der Waals surface area contributed by atoms with Crippen molar-refractivity contribution >= 4 is 52.2 Å². The van der Waals surface area contributed by atoms with Crippen LogP contribution in [0, 0.1) is 11.6 Å². The lowest BCUT2D eigenvalue weighted by atomic mass is 10.1. The number of benzene rings is 2. The Bertz CT molecular complexity index is 1490. The maximum absolute atomic E-state index is 13.6. The SMILES string of the molecule is CC(C)(C)OC(=O)c1ccc(CNC(=O)CCN2C(=O)S/C(=C\c3cc(-c4ccc(F)c(F)c4)cs3)C2=O)cc1. The molecule has 7 nitrogen and oxygen atoms in total. The number of nitrogens with one attached hydrogen (secondary N) is 1. The van der Waals surface area contributed by atoms with E-state index in [1.54, 1.807) is 62.6 Å². The molecule has 0 atom stereocenters. The van der Waals surface area contributed by atoms with Crippen molar-refractivity contribution in [2.75, 3.05) is 6.54 Å². The molecule has 1 aromatic heterocycles. The molecule has 1 aliphatic rings. The summed E-state index contributed by atoms with van der Waals surface area (Å²) >= 11 is 2.08. The number of ether oxygens (including phenoxy) is 1. The molecule has 11 heteroatoms. The van der Waals surface area contributed by atoms with E-state index >= 15 is 0 Å². The minimum atomic E-state index is -0.952. The van der Waals surface area contributed by atoms with E-state index in [4.69, 9.17) is 4.74 Å². The van der Waals surface area contributed by atoms with E-state index in [0.29, 0.717) is 21.6 Å². The molecule has 1 N–H and O–H groups in total. The van der Waals surface area contributed by atoms with E-state index in [1.807, 2.05) is 0 Å². The highest BCUT2D eigenvalue weighted by molar-refractivity contribution is 8.18. The van der Waals surface area contributed by atoms with E-state index in [0.717, 1.165) is 34.4 Å². The molecule has 0 bridgehead atoms. The van der Waals surface area contributed by atoms with Crippen LogP contribution in [0.25, 0.3) is 17.2 Å². The highest BCUT2D eigenvalue weighted by Gasteiger charge is 2.35. The first-order valence-corrected chi connectivity index (χ1v) is 14.0. The predicted molar refractivity (Wildman–Crippen MR) is 150 cm³/mol. The molecule has 4 rings (SSSR count). The summed E-state index contributed by atoms with van der Waals surface area (Å²) in [6.45, 7) is 5.50. The molecule has 1 aliphatic heterocycles. The van der Waals surface area contributed by atoms with Crippen LogP contribution in [0.5, 0.6) is 0 Å². The van der Waals surface area contributed by atoms with Crippen LogP contribution in [-0.4, -0.2) is 40.1 Å². The van der Waals surface area contributed by atoms with Crippen molar-refractivity contribution < 1.29 is 32.7 Å². The Morgan fingerprint density at radius 3 is 2.40 bits per heavy atom. The first-order chi connectivity index (χ1) is 18.9. The van der Waals surface area contributed by atoms with Crippen LogP contribution in [0.15, 0.2) is 58.8 Å². The summed E-state index contributed by atoms with van der Waals surface area (Å²) in [5.74, 6) is -3.16. The lowest BCUT2D eigenvalue weighted by Gasteiger charge is -2.19. The third kappa shape index (κ3) is 7.42. The zero-order valence-electron chi connectivity index (χ0n) is 22.0. The molecular weight excluding hydrogens is 558 g/mol. The number of hydrogen-bond donors (Lipinski definition) is 1. The molecule has 0 saturated carbocycles. The fraction of sp³-hybridized carbons (Fsp3) is 0.241. The van der Waals surface area contributed by atoms with Gasteiger partial charge in [0.1, 0.15) is 5.60 Å². The van der Waals surface area contributed by atoms with Gasteiger partial charge in [0.15, 0.2) is 11.6 Å². The molecule has 1 fully saturated rings. The van der Waals surface area contributed by atoms with E-state index in [-0.39, 0.29) is 30.3 Å².